The van der Waals surface area contributed by atoms with E-state index in [9.17, 15) is 0 Å². The van der Waals surface area contributed by atoms with Crippen molar-refractivity contribution < 1.29 is 0 Å². The minimum absolute atomic E-state index is 0.951. The normalized spacial score (nSPS) is 10.6. The molecule has 0 radical (unpaired) electrons. The Balaban J connectivity index is 2.49. The highest BCUT2D eigenvalue weighted by Gasteiger charge is 2.04. The molecule has 0 aliphatic heterocycles. The summed E-state index contributed by atoms with van der Waals surface area (Å²) in [5.74, 6) is 1.93. The molecule has 0 saturated carbocycles. The van der Waals surface area contributed by atoms with Crippen molar-refractivity contribution in [3.8, 4) is 5.82 Å². The standard InChI is InChI=1S/C12H15N3/c1-4-11-6-5-7-12(14-11)15-8-9(2)13-10(15)3/h5-8H,4H2,1-3H3. The highest BCUT2D eigenvalue weighted by molar-refractivity contribution is 5.27. The number of hydrogen-bond donors (Lipinski definition) is 0. The van der Waals surface area contributed by atoms with E-state index in [1.807, 2.05) is 42.8 Å². The SMILES string of the molecule is CCc1cccc(-n2cc(C)nc2C)n1. The van der Waals surface area contributed by atoms with Gasteiger partial charge in [-0.15, -0.1) is 0 Å². The first kappa shape index (κ1) is 9.90. The summed E-state index contributed by atoms with van der Waals surface area (Å²) in [5, 5.41) is 0. The third-order valence-corrected chi connectivity index (χ3v) is 2.40. The molecule has 0 unspecified atom stereocenters. The van der Waals surface area contributed by atoms with Crippen molar-refractivity contribution in [3.63, 3.8) is 0 Å². The van der Waals surface area contributed by atoms with E-state index in [4.69, 9.17) is 0 Å². The molecular formula is C12H15N3. The van der Waals surface area contributed by atoms with Crippen molar-refractivity contribution >= 4 is 0 Å². The Morgan fingerprint density at radius 3 is 2.60 bits per heavy atom. The minimum atomic E-state index is 0.951. The van der Waals surface area contributed by atoms with Gasteiger partial charge in [-0.2, -0.15) is 0 Å². The number of rotatable bonds is 2. The van der Waals surface area contributed by atoms with Gasteiger partial charge in [-0.05, 0) is 32.4 Å². The summed E-state index contributed by atoms with van der Waals surface area (Å²) in [7, 11) is 0. The predicted molar refractivity (Wildman–Crippen MR) is 60.2 cm³/mol. The number of pyridine rings is 1. The second kappa shape index (κ2) is 3.85. The van der Waals surface area contributed by atoms with Crippen LogP contribution < -0.4 is 0 Å². The van der Waals surface area contributed by atoms with E-state index in [2.05, 4.69) is 16.9 Å². The lowest BCUT2D eigenvalue weighted by Crippen LogP contribution is -2.00. The van der Waals surface area contributed by atoms with Gasteiger partial charge in [0.1, 0.15) is 11.6 Å². The average Bonchev–Trinajstić information content (AvgIpc) is 2.58. The maximum Gasteiger partial charge on any atom is 0.138 e. The summed E-state index contributed by atoms with van der Waals surface area (Å²) in [6, 6.07) is 6.09. The lowest BCUT2D eigenvalue weighted by Gasteiger charge is -2.04. The van der Waals surface area contributed by atoms with Gasteiger partial charge < -0.3 is 0 Å². The molecule has 0 bridgehead atoms. The molecule has 0 saturated heterocycles. The van der Waals surface area contributed by atoms with E-state index in [-0.39, 0.29) is 0 Å². The quantitative estimate of drug-likeness (QED) is 0.747. The van der Waals surface area contributed by atoms with Crippen LogP contribution in [0.5, 0.6) is 0 Å². The Hall–Kier alpha value is -1.64. The van der Waals surface area contributed by atoms with E-state index >= 15 is 0 Å². The topological polar surface area (TPSA) is 30.7 Å². The molecule has 0 amide bonds. The molecule has 0 spiro atoms. The second-order valence-electron chi connectivity index (χ2n) is 3.64. The number of imidazole rings is 1. The van der Waals surface area contributed by atoms with Gasteiger partial charge >= 0.3 is 0 Å². The first-order valence-electron chi connectivity index (χ1n) is 5.19. The first-order chi connectivity index (χ1) is 7.20. The molecule has 78 valence electrons. The summed E-state index contributed by atoms with van der Waals surface area (Å²) in [5.41, 5.74) is 2.13. The third kappa shape index (κ3) is 1.91. The van der Waals surface area contributed by atoms with E-state index < -0.39 is 0 Å². The minimum Gasteiger partial charge on any atom is -0.288 e. The molecule has 2 aromatic heterocycles. The Kier molecular flexibility index (Phi) is 2.54. The summed E-state index contributed by atoms with van der Waals surface area (Å²) in [6.45, 7) is 6.10. The van der Waals surface area contributed by atoms with Gasteiger partial charge in [0, 0.05) is 11.9 Å². The predicted octanol–water partition coefficient (Wildman–Crippen LogP) is 2.45. The van der Waals surface area contributed by atoms with Crippen LogP contribution in [-0.2, 0) is 6.42 Å². The second-order valence-corrected chi connectivity index (χ2v) is 3.64. The van der Waals surface area contributed by atoms with Gasteiger partial charge in [-0.1, -0.05) is 13.0 Å². The van der Waals surface area contributed by atoms with Gasteiger partial charge in [-0.3, -0.25) is 4.57 Å². The maximum absolute atomic E-state index is 4.56. The largest absolute Gasteiger partial charge is 0.288 e. The lowest BCUT2D eigenvalue weighted by molar-refractivity contribution is 0.904. The number of aromatic nitrogens is 3. The molecule has 0 atom stereocenters. The number of nitrogens with zero attached hydrogens (tertiary/aromatic N) is 3. The van der Waals surface area contributed by atoms with Crippen molar-refractivity contribution in [2.75, 3.05) is 0 Å². The molecule has 2 heterocycles. The van der Waals surface area contributed by atoms with Gasteiger partial charge in [0.2, 0.25) is 0 Å². The fourth-order valence-corrected chi connectivity index (χ4v) is 1.65. The lowest BCUT2D eigenvalue weighted by atomic mass is 10.3. The zero-order valence-electron chi connectivity index (χ0n) is 9.36. The van der Waals surface area contributed by atoms with Crippen molar-refractivity contribution in [3.05, 3.63) is 41.6 Å². The summed E-state index contributed by atoms with van der Waals surface area (Å²) in [4.78, 5) is 8.92. The Morgan fingerprint density at radius 1 is 1.20 bits per heavy atom. The number of hydrogen-bond acceptors (Lipinski definition) is 2. The Labute approximate surface area is 89.8 Å². The summed E-state index contributed by atoms with van der Waals surface area (Å²) < 4.78 is 2.02. The molecule has 0 N–H and O–H groups in total. The smallest absolute Gasteiger partial charge is 0.138 e. The van der Waals surface area contributed by atoms with E-state index in [1.54, 1.807) is 0 Å². The maximum atomic E-state index is 4.56. The van der Waals surface area contributed by atoms with Crippen LogP contribution in [0.3, 0.4) is 0 Å². The molecule has 0 aromatic carbocycles. The zero-order chi connectivity index (χ0) is 10.8. The van der Waals surface area contributed by atoms with Crippen molar-refractivity contribution in [1.82, 2.24) is 14.5 Å². The summed E-state index contributed by atoms with van der Waals surface area (Å²) >= 11 is 0. The van der Waals surface area contributed by atoms with Gasteiger partial charge in [0.25, 0.3) is 0 Å². The highest BCUT2D eigenvalue weighted by atomic mass is 15.1. The molecule has 2 rings (SSSR count). The molecular weight excluding hydrogens is 186 g/mol. The van der Waals surface area contributed by atoms with Gasteiger partial charge in [-0.25, -0.2) is 9.97 Å². The van der Waals surface area contributed by atoms with Crippen molar-refractivity contribution in [2.24, 2.45) is 0 Å². The molecule has 15 heavy (non-hydrogen) atoms. The van der Waals surface area contributed by atoms with Crippen LogP contribution in [0.1, 0.15) is 24.1 Å². The van der Waals surface area contributed by atoms with E-state index in [0.29, 0.717) is 0 Å². The van der Waals surface area contributed by atoms with Crippen LogP contribution in [0.4, 0.5) is 0 Å². The molecule has 0 aliphatic rings. The number of aryl methyl sites for hydroxylation is 3. The Bertz CT molecular complexity index is 471. The first-order valence-corrected chi connectivity index (χ1v) is 5.19. The van der Waals surface area contributed by atoms with Crippen molar-refractivity contribution in [1.29, 1.82) is 0 Å². The van der Waals surface area contributed by atoms with Crippen LogP contribution in [0.2, 0.25) is 0 Å². The van der Waals surface area contributed by atoms with Crippen LogP contribution in [0.25, 0.3) is 5.82 Å². The molecule has 3 heteroatoms. The zero-order valence-corrected chi connectivity index (χ0v) is 9.36. The Morgan fingerprint density at radius 2 is 2.00 bits per heavy atom. The van der Waals surface area contributed by atoms with Crippen LogP contribution >= 0.6 is 0 Å². The fraction of sp³-hybridized carbons (Fsp3) is 0.333. The molecule has 2 aromatic rings. The molecule has 3 nitrogen and oxygen atoms in total. The molecule has 0 fully saturated rings. The summed E-state index contributed by atoms with van der Waals surface area (Å²) in [6.07, 6.45) is 2.97. The van der Waals surface area contributed by atoms with Crippen LogP contribution in [0.15, 0.2) is 24.4 Å². The fourth-order valence-electron chi connectivity index (χ4n) is 1.65. The van der Waals surface area contributed by atoms with Gasteiger partial charge in [0.15, 0.2) is 0 Å². The van der Waals surface area contributed by atoms with Crippen LogP contribution in [-0.4, -0.2) is 14.5 Å². The van der Waals surface area contributed by atoms with Crippen molar-refractivity contribution in [2.45, 2.75) is 27.2 Å². The monoisotopic (exact) mass is 201 g/mol. The highest BCUT2D eigenvalue weighted by Crippen LogP contribution is 2.10. The average molecular weight is 201 g/mol. The van der Waals surface area contributed by atoms with Gasteiger partial charge in [0.05, 0.1) is 5.69 Å². The van der Waals surface area contributed by atoms with Crippen LogP contribution in [0, 0.1) is 13.8 Å². The third-order valence-electron chi connectivity index (χ3n) is 2.40. The molecule has 0 aliphatic carbocycles. The van der Waals surface area contributed by atoms with E-state index in [0.717, 1.165) is 29.5 Å². The van der Waals surface area contributed by atoms with E-state index in [1.165, 1.54) is 0 Å².